The molecular weight excluding hydrogens is 234 g/mol. The average molecular weight is 255 g/mol. The van der Waals surface area contributed by atoms with Crippen molar-refractivity contribution in [3.8, 4) is 0 Å². The summed E-state index contributed by atoms with van der Waals surface area (Å²) < 4.78 is 9.80. The van der Waals surface area contributed by atoms with E-state index < -0.39 is 11.7 Å². The third-order valence-electron chi connectivity index (χ3n) is 2.58. The minimum Gasteiger partial charge on any atom is -0.469 e. The van der Waals surface area contributed by atoms with Gasteiger partial charge in [0.1, 0.15) is 5.60 Å². The van der Waals surface area contributed by atoms with Crippen molar-refractivity contribution in [2.75, 3.05) is 13.7 Å². The highest BCUT2D eigenvalue weighted by molar-refractivity contribution is 5.75. The summed E-state index contributed by atoms with van der Waals surface area (Å²) >= 11 is 0. The van der Waals surface area contributed by atoms with Crippen LogP contribution in [-0.2, 0) is 14.3 Å². The molecule has 0 spiro atoms. The molecule has 0 radical (unpaired) electrons. The van der Waals surface area contributed by atoms with Crippen molar-refractivity contribution in [3.05, 3.63) is 12.2 Å². The normalized spacial score (nSPS) is 22.7. The van der Waals surface area contributed by atoms with Gasteiger partial charge in [0.05, 0.1) is 13.0 Å². The highest BCUT2D eigenvalue weighted by Gasteiger charge is 2.26. The Morgan fingerprint density at radius 3 is 2.56 bits per heavy atom. The van der Waals surface area contributed by atoms with Crippen LogP contribution in [0.1, 0.15) is 27.2 Å². The third kappa shape index (κ3) is 4.77. The molecule has 0 aliphatic heterocycles. The molecule has 1 aliphatic rings. The molecule has 0 fully saturated rings. The van der Waals surface area contributed by atoms with Crippen LogP contribution < -0.4 is 5.32 Å². The summed E-state index contributed by atoms with van der Waals surface area (Å²) in [5, 5.41) is 2.69. The summed E-state index contributed by atoms with van der Waals surface area (Å²) in [5.41, 5.74) is -0.496. The molecule has 0 aromatic carbocycles. The van der Waals surface area contributed by atoms with E-state index in [2.05, 4.69) is 10.1 Å². The Labute approximate surface area is 108 Å². The van der Waals surface area contributed by atoms with Crippen LogP contribution >= 0.6 is 0 Å². The molecule has 18 heavy (non-hydrogen) atoms. The first kappa shape index (κ1) is 14.5. The summed E-state index contributed by atoms with van der Waals surface area (Å²) in [5.74, 6) is -0.270. The van der Waals surface area contributed by atoms with Gasteiger partial charge in [0, 0.05) is 6.54 Å². The van der Waals surface area contributed by atoms with Crippen molar-refractivity contribution in [3.63, 3.8) is 0 Å². The number of rotatable bonds is 3. The Bertz CT molecular complexity index is 343. The topological polar surface area (TPSA) is 64.6 Å². The zero-order chi connectivity index (χ0) is 13.8. The molecule has 0 heterocycles. The lowest BCUT2D eigenvalue weighted by atomic mass is 10.0. The van der Waals surface area contributed by atoms with E-state index in [0.717, 1.165) is 0 Å². The molecule has 0 saturated heterocycles. The first-order valence-electron chi connectivity index (χ1n) is 6.05. The number of nitrogens with one attached hydrogen (secondary N) is 1. The predicted molar refractivity (Wildman–Crippen MR) is 67.0 cm³/mol. The number of amides is 1. The van der Waals surface area contributed by atoms with Crippen LogP contribution in [0.25, 0.3) is 0 Å². The lowest BCUT2D eigenvalue weighted by molar-refractivity contribution is -0.143. The second-order valence-corrected chi connectivity index (χ2v) is 5.39. The Morgan fingerprint density at radius 1 is 1.33 bits per heavy atom. The van der Waals surface area contributed by atoms with E-state index in [0.29, 0.717) is 13.0 Å². The Hall–Kier alpha value is -1.52. The molecular formula is C13H21NO4. The van der Waals surface area contributed by atoms with Gasteiger partial charge in [-0.25, -0.2) is 4.79 Å². The SMILES string of the molecule is COC(=O)C1C=CC(CNC(=O)OC(C)(C)C)C1. The second-order valence-electron chi connectivity index (χ2n) is 5.39. The number of carbonyl (C=O) groups excluding carboxylic acids is 2. The van der Waals surface area contributed by atoms with Gasteiger partial charge in [-0.1, -0.05) is 12.2 Å². The smallest absolute Gasteiger partial charge is 0.407 e. The van der Waals surface area contributed by atoms with Crippen molar-refractivity contribution >= 4 is 12.1 Å². The Morgan fingerprint density at radius 2 is 2.00 bits per heavy atom. The van der Waals surface area contributed by atoms with Crippen LogP contribution in [0.2, 0.25) is 0 Å². The Kier molecular flexibility index (Phi) is 4.76. The lowest BCUT2D eigenvalue weighted by Crippen LogP contribution is -2.35. The zero-order valence-electron chi connectivity index (χ0n) is 11.4. The molecule has 2 unspecified atom stereocenters. The standard InChI is InChI=1S/C13H21NO4/c1-13(2,3)18-12(16)14-8-9-5-6-10(7-9)11(15)17-4/h5-6,9-10H,7-8H2,1-4H3,(H,14,16). The number of alkyl carbamates (subject to hydrolysis) is 1. The van der Waals surface area contributed by atoms with Gasteiger partial charge in [-0.3, -0.25) is 4.79 Å². The van der Waals surface area contributed by atoms with E-state index in [-0.39, 0.29) is 17.8 Å². The number of ether oxygens (including phenoxy) is 2. The molecule has 5 nitrogen and oxygen atoms in total. The highest BCUT2D eigenvalue weighted by Crippen LogP contribution is 2.23. The Balaban J connectivity index is 2.29. The predicted octanol–water partition coefficient (Wildman–Crippen LogP) is 1.88. The van der Waals surface area contributed by atoms with Gasteiger partial charge in [0.25, 0.3) is 0 Å². The molecule has 0 aromatic heterocycles. The van der Waals surface area contributed by atoms with Crippen molar-refractivity contribution < 1.29 is 19.1 Å². The fourth-order valence-corrected chi connectivity index (χ4v) is 1.78. The van der Waals surface area contributed by atoms with Gasteiger partial charge < -0.3 is 14.8 Å². The van der Waals surface area contributed by atoms with Crippen molar-refractivity contribution in [2.45, 2.75) is 32.8 Å². The molecule has 1 N–H and O–H groups in total. The van der Waals surface area contributed by atoms with E-state index in [1.807, 2.05) is 32.9 Å². The third-order valence-corrected chi connectivity index (χ3v) is 2.58. The maximum atomic E-state index is 11.4. The van der Waals surface area contributed by atoms with Crippen LogP contribution in [0.5, 0.6) is 0 Å². The van der Waals surface area contributed by atoms with E-state index in [4.69, 9.17) is 4.74 Å². The lowest BCUT2D eigenvalue weighted by Gasteiger charge is -2.20. The minimum atomic E-state index is -0.496. The first-order valence-corrected chi connectivity index (χ1v) is 6.05. The molecule has 1 amide bonds. The molecule has 1 rings (SSSR count). The summed E-state index contributed by atoms with van der Waals surface area (Å²) in [6.07, 6.45) is 3.99. The van der Waals surface area contributed by atoms with E-state index in [9.17, 15) is 9.59 Å². The van der Waals surface area contributed by atoms with Gasteiger partial charge in [0.2, 0.25) is 0 Å². The van der Waals surface area contributed by atoms with Gasteiger partial charge in [-0.05, 0) is 33.1 Å². The zero-order valence-corrected chi connectivity index (χ0v) is 11.4. The summed E-state index contributed by atoms with van der Waals surface area (Å²) in [7, 11) is 1.38. The fraction of sp³-hybridized carbons (Fsp3) is 0.692. The first-order chi connectivity index (χ1) is 8.31. The maximum absolute atomic E-state index is 11.4. The molecule has 0 saturated carbocycles. The molecule has 102 valence electrons. The van der Waals surface area contributed by atoms with Crippen LogP contribution in [0.3, 0.4) is 0 Å². The number of hydrogen-bond acceptors (Lipinski definition) is 4. The van der Waals surface area contributed by atoms with Crippen LogP contribution in [0, 0.1) is 11.8 Å². The number of methoxy groups -OCH3 is 1. The second kappa shape index (κ2) is 5.89. The van der Waals surface area contributed by atoms with E-state index in [1.54, 1.807) is 0 Å². The molecule has 0 bridgehead atoms. The van der Waals surface area contributed by atoms with E-state index in [1.165, 1.54) is 7.11 Å². The quantitative estimate of drug-likeness (QED) is 0.617. The van der Waals surface area contributed by atoms with E-state index >= 15 is 0 Å². The molecule has 5 heteroatoms. The van der Waals surface area contributed by atoms with Gasteiger partial charge in [-0.2, -0.15) is 0 Å². The van der Waals surface area contributed by atoms with Crippen LogP contribution in [0.15, 0.2) is 12.2 Å². The molecule has 0 aromatic rings. The molecule has 1 aliphatic carbocycles. The van der Waals surface area contributed by atoms with Crippen LogP contribution in [0.4, 0.5) is 4.79 Å². The summed E-state index contributed by atoms with van der Waals surface area (Å²) in [6.45, 7) is 5.92. The van der Waals surface area contributed by atoms with Crippen molar-refractivity contribution in [1.82, 2.24) is 5.32 Å². The van der Waals surface area contributed by atoms with Gasteiger partial charge in [-0.15, -0.1) is 0 Å². The van der Waals surface area contributed by atoms with Crippen LogP contribution in [-0.4, -0.2) is 31.3 Å². The van der Waals surface area contributed by atoms with Gasteiger partial charge >= 0.3 is 12.1 Å². The minimum absolute atomic E-state index is 0.154. The van der Waals surface area contributed by atoms with Crippen molar-refractivity contribution in [1.29, 1.82) is 0 Å². The number of carbonyl (C=O) groups is 2. The average Bonchev–Trinajstić information content (AvgIpc) is 2.71. The van der Waals surface area contributed by atoms with Gasteiger partial charge in [0.15, 0.2) is 0 Å². The fourth-order valence-electron chi connectivity index (χ4n) is 1.78. The number of esters is 1. The number of hydrogen-bond donors (Lipinski definition) is 1. The molecule has 2 atom stereocenters. The maximum Gasteiger partial charge on any atom is 0.407 e. The monoisotopic (exact) mass is 255 g/mol. The van der Waals surface area contributed by atoms with Crippen molar-refractivity contribution in [2.24, 2.45) is 11.8 Å². The summed E-state index contributed by atoms with van der Waals surface area (Å²) in [4.78, 5) is 22.7. The highest BCUT2D eigenvalue weighted by atomic mass is 16.6. The summed E-state index contributed by atoms with van der Waals surface area (Å²) in [6, 6.07) is 0. The largest absolute Gasteiger partial charge is 0.469 e.